The molecule has 0 saturated carbocycles. The molecule has 0 radical (unpaired) electrons. The molecule has 1 fully saturated rings. The van der Waals surface area contributed by atoms with Gasteiger partial charge in [0.15, 0.2) is 6.10 Å². The number of carbonyl (C=O) groups excluding carboxylic acids is 2. The summed E-state index contributed by atoms with van der Waals surface area (Å²) < 4.78 is 5.34. The molecule has 5 nitrogen and oxygen atoms in total. The molecule has 1 aliphatic rings. The number of piperidine rings is 1. The summed E-state index contributed by atoms with van der Waals surface area (Å²) in [6, 6.07) is 10.2. The van der Waals surface area contributed by atoms with Crippen molar-refractivity contribution in [2.24, 2.45) is 5.92 Å². The van der Waals surface area contributed by atoms with Gasteiger partial charge in [-0.05, 0) is 31.9 Å². The minimum absolute atomic E-state index is 0.169. The highest BCUT2D eigenvalue weighted by molar-refractivity contribution is 5.84. The van der Waals surface area contributed by atoms with E-state index in [4.69, 9.17) is 4.74 Å². The first-order valence-electron chi connectivity index (χ1n) is 8.45. The second-order valence-electron chi connectivity index (χ2n) is 6.17. The van der Waals surface area contributed by atoms with Crippen LogP contribution in [-0.2, 0) is 20.9 Å². The highest BCUT2D eigenvalue weighted by Crippen LogP contribution is 2.20. The number of amides is 1. The van der Waals surface area contributed by atoms with Crippen LogP contribution >= 0.6 is 0 Å². The van der Waals surface area contributed by atoms with Crippen molar-refractivity contribution in [3.63, 3.8) is 0 Å². The van der Waals surface area contributed by atoms with Crippen molar-refractivity contribution in [3.8, 4) is 0 Å². The van der Waals surface area contributed by atoms with E-state index in [1.165, 1.54) is 5.56 Å². The molecule has 0 spiro atoms. The lowest BCUT2D eigenvalue weighted by Gasteiger charge is -2.32. The molecule has 1 saturated heterocycles. The van der Waals surface area contributed by atoms with Crippen molar-refractivity contribution in [1.82, 2.24) is 10.2 Å². The summed E-state index contributed by atoms with van der Waals surface area (Å²) in [6.45, 7) is 8.00. The zero-order valence-corrected chi connectivity index (χ0v) is 14.2. The first-order chi connectivity index (χ1) is 11.6. The van der Waals surface area contributed by atoms with Crippen molar-refractivity contribution < 1.29 is 14.3 Å². The molecule has 1 N–H and O–H groups in total. The van der Waals surface area contributed by atoms with Crippen molar-refractivity contribution in [1.29, 1.82) is 0 Å². The van der Waals surface area contributed by atoms with Gasteiger partial charge in [-0.3, -0.25) is 14.5 Å². The molecular formula is C19H26N2O3. The number of rotatable bonds is 7. The van der Waals surface area contributed by atoms with Crippen LogP contribution in [0.3, 0.4) is 0 Å². The number of esters is 1. The number of benzene rings is 1. The molecule has 0 unspecified atom stereocenters. The zero-order valence-electron chi connectivity index (χ0n) is 14.2. The predicted molar refractivity (Wildman–Crippen MR) is 93.2 cm³/mol. The average Bonchev–Trinajstić information content (AvgIpc) is 2.60. The van der Waals surface area contributed by atoms with Crippen molar-refractivity contribution >= 4 is 11.9 Å². The van der Waals surface area contributed by atoms with Crippen LogP contribution in [0.25, 0.3) is 0 Å². The molecule has 0 aliphatic carbocycles. The SMILES string of the molecule is C=CCNC(=O)[C@H](C)OC(=O)[C@H]1CCCN(Cc2ccccc2)C1. The first-order valence-corrected chi connectivity index (χ1v) is 8.45. The van der Waals surface area contributed by atoms with E-state index in [9.17, 15) is 9.59 Å². The van der Waals surface area contributed by atoms with Crippen LogP contribution in [0.15, 0.2) is 43.0 Å². The van der Waals surface area contributed by atoms with E-state index >= 15 is 0 Å². The molecule has 1 aliphatic heterocycles. The molecule has 2 rings (SSSR count). The lowest BCUT2D eigenvalue weighted by molar-refractivity contribution is -0.160. The monoisotopic (exact) mass is 330 g/mol. The van der Waals surface area contributed by atoms with Gasteiger partial charge in [-0.25, -0.2) is 0 Å². The summed E-state index contributed by atoms with van der Waals surface area (Å²) >= 11 is 0. The lowest BCUT2D eigenvalue weighted by Crippen LogP contribution is -2.42. The average molecular weight is 330 g/mol. The zero-order chi connectivity index (χ0) is 17.4. The first kappa shape index (κ1) is 18.2. The van der Waals surface area contributed by atoms with Gasteiger partial charge in [-0.1, -0.05) is 36.4 Å². The minimum atomic E-state index is -0.776. The van der Waals surface area contributed by atoms with Gasteiger partial charge >= 0.3 is 5.97 Å². The van der Waals surface area contributed by atoms with Gasteiger partial charge in [0.1, 0.15) is 0 Å². The fourth-order valence-electron chi connectivity index (χ4n) is 2.87. The van der Waals surface area contributed by atoms with Gasteiger partial charge in [0.2, 0.25) is 0 Å². The van der Waals surface area contributed by atoms with Crippen LogP contribution in [0.5, 0.6) is 0 Å². The van der Waals surface area contributed by atoms with Gasteiger partial charge in [0.25, 0.3) is 5.91 Å². The number of carbonyl (C=O) groups is 2. The van der Waals surface area contributed by atoms with Gasteiger partial charge in [0, 0.05) is 19.6 Å². The van der Waals surface area contributed by atoms with Gasteiger partial charge in [-0.2, -0.15) is 0 Å². The van der Waals surface area contributed by atoms with Crippen LogP contribution in [-0.4, -0.2) is 42.5 Å². The maximum absolute atomic E-state index is 12.3. The molecule has 2 atom stereocenters. The summed E-state index contributed by atoms with van der Waals surface area (Å²) in [5.41, 5.74) is 1.24. The maximum Gasteiger partial charge on any atom is 0.311 e. The Hall–Kier alpha value is -2.14. The summed E-state index contributed by atoms with van der Waals surface area (Å²) in [5.74, 6) is -0.744. The van der Waals surface area contributed by atoms with Crippen molar-refractivity contribution in [2.45, 2.75) is 32.4 Å². The highest BCUT2D eigenvalue weighted by Gasteiger charge is 2.29. The highest BCUT2D eigenvalue weighted by atomic mass is 16.5. The fraction of sp³-hybridized carbons (Fsp3) is 0.474. The third-order valence-corrected chi connectivity index (χ3v) is 4.17. The standard InChI is InChI=1S/C19H26N2O3/c1-3-11-20-18(22)15(2)24-19(23)17-10-7-12-21(14-17)13-16-8-5-4-6-9-16/h3-6,8-9,15,17H,1,7,10-14H2,2H3,(H,20,22)/t15-,17-/m0/s1. The van der Waals surface area contributed by atoms with Gasteiger partial charge in [0.05, 0.1) is 5.92 Å². The Balaban J connectivity index is 1.83. The Morgan fingerprint density at radius 3 is 2.88 bits per heavy atom. The number of nitrogens with one attached hydrogen (secondary N) is 1. The summed E-state index contributed by atoms with van der Waals surface area (Å²) in [7, 11) is 0. The number of nitrogens with zero attached hydrogens (tertiary/aromatic N) is 1. The van der Waals surface area contributed by atoms with Gasteiger partial charge < -0.3 is 10.1 Å². The Kier molecular flexibility index (Phi) is 7.00. The molecule has 1 aromatic rings. The number of likely N-dealkylation sites (tertiary alicyclic amines) is 1. The van der Waals surface area contributed by atoms with E-state index in [0.717, 1.165) is 25.9 Å². The normalized spacial score (nSPS) is 19.3. The molecule has 0 bridgehead atoms. The van der Waals surface area contributed by atoms with Crippen LogP contribution in [0.1, 0.15) is 25.3 Å². The summed E-state index contributed by atoms with van der Waals surface area (Å²) in [5, 5.41) is 2.64. The smallest absolute Gasteiger partial charge is 0.311 e. The molecule has 5 heteroatoms. The number of ether oxygens (including phenoxy) is 1. The Morgan fingerprint density at radius 2 is 2.17 bits per heavy atom. The van der Waals surface area contributed by atoms with E-state index in [1.54, 1.807) is 13.0 Å². The third-order valence-electron chi connectivity index (χ3n) is 4.17. The third kappa shape index (κ3) is 5.49. The largest absolute Gasteiger partial charge is 0.452 e. The van der Waals surface area contributed by atoms with Crippen LogP contribution in [0.4, 0.5) is 0 Å². The van der Waals surface area contributed by atoms with Crippen molar-refractivity contribution in [3.05, 3.63) is 48.6 Å². The van der Waals surface area contributed by atoms with E-state index in [-0.39, 0.29) is 17.8 Å². The van der Waals surface area contributed by atoms with E-state index < -0.39 is 6.10 Å². The molecular weight excluding hydrogens is 304 g/mol. The lowest BCUT2D eigenvalue weighted by atomic mass is 9.97. The Morgan fingerprint density at radius 1 is 1.42 bits per heavy atom. The number of hydrogen-bond donors (Lipinski definition) is 1. The van der Waals surface area contributed by atoms with E-state index in [0.29, 0.717) is 13.1 Å². The molecule has 1 aromatic carbocycles. The summed E-state index contributed by atoms with van der Waals surface area (Å²) in [6.07, 6.45) is 2.59. The number of hydrogen-bond acceptors (Lipinski definition) is 4. The summed E-state index contributed by atoms with van der Waals surface area (Å²) in [4.78, 5) is 26.4. The molecule has 130 valence electrons. The molecule has 1 amide bonds. The predicted octanol–water partition coefficient (Wildman–Crippen LogP) is 2.13. The second kappa shape index (κ2) is 9.23. The van der Waals surface area contributed by atoms with Gasteiger partial charge in [-0.15, -0.1) is 6.58 Å². The van der Waals surface area contributed by atoms with Crippen LogP contribution in [0, 0.1) is 5.92 Å². The molecule has 1 heterocycles. The van der Waals surface area contributed by atoms with Crippen LogP contribution < -0.4 is 5.32 Å². The molecule has 0 aromatic heterocycles. The van der Waals surface area contributed by atoms with Crippen LogP contribution in [0.2, 0.25) is 0 Å². The Labute approximate surface area is 143 Å². The maximum atomic E-state index is 12.3. The van der Waals surface area contributed by atoms with E-state index in [1.807, 2.05) is 18.2 Å². The Bertz CT molecular complexity index is 559. The molecule has 24 heavy (non-hydrogen) atoms. The second-order valence-corrected chi connectivity index (χ2v) is 6.17. The van der Waals surface area contributed by atoms with E-state index in [2.05, 4.69) is 28.9 Å². The minimum Gasteiger partial charge on any atom is -0.452 e. The quantitative estimate of drug-likeness (QED) is 0.615. The topological polar surface area (TPSA) is 58.6 Å². The van der Waals surface area contributed by atoms with Crippen molar-refractivity contribution in [2.75, 3.05) is 19.6 Å². The fourth-order valence-corrected chi connectivity index (χ4v) is 2.87.